The molecule has 3 saturated heterocycles. The Hall–Kier alpha value is -2.07. The second-order valence-electron chi connectivity index (χ2n) is 14.6. The van der Waals surface area contributed by atoms with Gasteiger partial charge in [0.05, 0.1) is 24.9 Å². The fourth-order valence-electron chi connectivity index (χ4n) is 8.14. The molecule has 5 rings (SSSR count). The van der Waals surface area contributed by atoms with Gasteiger partial charge in [-0.25, -0.2) is 0 Å². The van der Waals surface area contributed by atoms with Crippen molar-refractivity contribution in [1.82, 2.24) is 0 Å². The Morgan fingerprint density at radius 2 is 1.91 bits per heavy atom. The lowest BCUT2D eigenvalue weighted by Crippen LogP contribution is -2.59. The van der Waals surface area contributed by atoms with Crippen LogP contribution in [0, 0.1) is 23.7 Å². The van der Waals surface area contributed by atoms with Crippen molar-refractivity contribution in [1.29, 1.82) is 0 Å². The lowest BCUT2D eigenvalue weighted by molar-refractivity contribution is -0.342. The molecule has 45 heavy (non-hydrogen) atoms. The summed E-state index contributed by atoms with van der Waals surface area (Å²) in [4.78, 5) is 14.2. The molecule has 2 N–H and O–H groups in total. The Balaban J connectivity index is 1.53. The third kappa shape index (κ3) is 6.97. The number of rotatable bonds is 3. The Bertz CT molecular complexity index is 1260. The van der Waals surface area contributed by atoms with E-state index in [1.165, 1.54) is 5.57 Å². The van der Waals surface area contributed by atoms with Crippen LogP contribution in [0.15, 0.2) is 58.7 Å². The molecule has 8 nitrogen and oxygen atoms in total. The minimum Gasteiger partial charge on any atom is -0.462 e. The van der Waals surface area contributed by atoms with Gasteiger partial charge in [0.1, 0.15) is 29.8 Å². The second kappa shape index (κ2) is 13.6. The number of allylic oxidation sites excluding steroid dienone is 5. The van der Waals surface area contributed by atoms with Crippen molar-refractivity contribution in [3.8, 4) is 0 Å². The molecule has 1 spiro atoms. The number of carbonyl (C=O) groups excluding carboxylic acids is 1. The summed E-state index contributed by atoms with van der Waals surface area (Å²) in [5.41, 5.74) is 2.14. The maximum Gasteiger partial charge on any atom is 0.316 e. The molecule has 0 radical (unpaired) electrons. The molecule has 7 unspecified atom stereocenters. The summed E-state index contributed by atoms with van der Waals surface area (Å²) < 4.78 is 31.8. The minimum atomic E-state index is -1.61. The van der Waals surface area contributed by atoms with Gasteiger partial charge in [-0.2, -0.15) is 0 Å². The lowest BCUT2D eigenvalue weighted by atomic mass is 9.70. The predicted octanol–water partition coefficient (Wildman–Crippen LogP) is 5.74. The Morgan fingerprint density at radius 1 is 1.16 bits per heavy atom. The average Bonchev–Trinajstić information content (AvgIpc) is 3.29. The van der Waals surface area contributed by atoms with Gasteiger partial charge in [-0.05, 0) is 62.2 Å². The highest BCUT2D eigenvalue weighted by Gasteiger charge is 2.60. The van der Waals surface area contributed by atoms with E-state index in [1.807, 2.05) is 32.9 Å². The number of ether oxygens (including phenoxy) is 5. The summed E-state index contributed by atoms with van der Waals surface area (Å²) in [5.74, 6) is -2.11. The molecule has 4 heterocycles. The van der Waals surface area contributed by atoms with Crippen molar-refractivity contribution in [3.63, 3.8) is 0 Å². The van der Waals surface area contributed by atoms with E-state index in [9.17, 15) is 15.0 Å². The van der Waals surface area contributed by atoms with Crippen LogP contribution in [0.5, 0.6) is 0 Å². The van der Waals surface area contributed by atoms with Crippen LogP contribution in [0.4, 0.5) is 0 Å². The first-order valence-corrected chi connectivity index (χ1v) is 16.8. The molecule has 5 aliphatic rings. The molecule has 0 aromatic carbocycles. The lowest BCUT2D eigenvalue weighted by Gasteiger charge is -2.51. The van der Waals surface area contributed by atoms with Gasteiger partial charge < -0.3 is 33.9 Å². The van der Waals surface area contributed by atoms with Crippen LogP contribution in [0.3, 0.4) is 0 Å². The third-order valence-corrected chi connectivity index (χ3v) is 10.3. The van der Waals surface area contributed by atoms with Crippen LogP contribution >= 0.6 is 0 Å². The number of hydrogen-bond donors (Lipinski definition) is 2. The summed E-state index contributed by atoms with van der Waals surface area (Å²) >= 11 is 0. The number of methoxy groups -OCH3 is 1. The van der Waals surface area contributed by atoms with Crippen molar-refractivity contribution in [3.05, 3.63) is 58.7 Å². The summed E-state index contributed by atoms with van der Waals surface area (Å²) in [7, 11) is 1.59. The fourth-order valence-corrected chi connectivity index (χ4v) is 8.14. The number of fused-ring (bicyclic) bond motifs is 2. The number of carbonyl (C=O) groups is 1. The molecule has 0 aromatic rings. The van der Waals surface area contributed by atoms with Gasteiger partial charge in [-0.3, -0.25) is 4.79 Å². The highest BCUT2D eigenvalue weighted by atomic mass is 16.7. The zero-order valence-electron chi connectivity index (χ0n) is 28.3. The molecule has 11 atom stereocenters. The van der Waals surface area contributed by atoms with E-state index in [0.29, 0.717) is 37.2 Å². The highest BCUT2D eigenvalue weighted by molar-refractivity contribution is 5.78. The van der Waals surface area contributed by atoms with Crippen LogP contribution in [-0.2, 0) is 28.5 Å². The van der Waals surface area contributed by atoms with Gasteiger partial charge in [0.25, 0.3) is 0 Å². The SMILES string of the molecule is CO[C@@H]1C(C)=CC2C(=O)O[C@H]3CC(C/C=C(/C)CC(C)/C=C/C=C4\COC1C42O)O[C@@]1(CC(O)C(C)[C@@H](/C(C)=C/C(C)C)O1)C3. The topological polar surface area (TPSA) is 104 Å². The summed E-state index contributed by atoms with van der Waals surface area (Å²) in [6, 6.07) is 0. The standard InChI is InChI=1S/C37H54O8/c1-21(2)14-24(5)32-26(7)31(38)19-36(45-32)18-29-17-28(44-36)13-12-23(4)15-22(3)10-9-11-27-20-42-34-33(41-8)25(6)16-30(35(39)43-29)37(27,34)40/h9-12,14,16,21-22,26,28-34,38,40H,13,15,17-20H2,1-8H3/b10-9+,23-12-,24-14+,27-11+/t22?,26?,28?,29-,30?,31?,32+,33+,34?,36-,37?/m0/s1. The van der Waals surface area contributed by atoms with E-state index in [0.717, 1.165) is 17.6 Å². The number of aliphatic hydroxyl groups excluding tert-OH is 1. The zero-order valence-corrected chi connectivity index (χ0v) is 28.3. The number of aliphatic hydroxyl groups is 2. The molecule has 0 saturated carbocycles. The van der Waals surface area contributed by atoms with Gasteiger partial charge >= 0.3 is 5.97 Å². The van der Waals surface area contributed by atoms with Gasteiger partial charge in [-0.15, -0.1) is 0 Å². The van der Waals surface area contributed by atoms with Crippen molar-refractivity contribution in [2.75, 3.05) is 13.7 Å². The molecule has 250 valence electrons. The average molecular weight is 627 g/mol. The van der Waals surface area contributed by atoms with E-state index in [-0.39, 0.29) is 30.7 Å². The Morgan fingerprint density at radius 3 is 2.62 bits per heavy atom. The van der Waals surface area contributed by atoms with Crippen LogP contribution in [0.2, 0.25) is 0 Å². The molecule has 3 fully saturated rings. The molecule has 0 amide bonds. The number of hydrogen-bond acceptors (Lipinski definition) is 8. The molecular formula is C37H54O8. The first-order valence-electron chi connectivity index (χ1n) is 16.8. The monoisotopic (exact) mass is 626 g/mol. The van der Waals surface area contributed by atoms with Crippen molar-refractivity contribution < 1.29 is 38.7 Å². The van der Waals surface area contributed by atoms with Gasteiger partial charge in [0, 0.05) is 32.3 Å². The number of esters is 1. The van der Waals surface area contributed by atoms with Crippen LogP contribution in [-0.4, -0.2) is 77.9 Å². The molecule has 4 aliphatic heterocycles. The Labute approximate surface area is 269 Å². The first-order chi connectivity index (χ1) is 21.3. The fraction of sp³-hybridized carbons (Fsp3) is 0.703. The van der Waals surface area contributed by atoms with E-state index >= 15 is 0 Å². The zero-order chi connectivity index (χ0) is 32.7. The quantitative estimate of drug-likeness (QED) is 0.302. The summed E-state index contributed by atoms with van der Waals surface area (Å²) in [6.45, 7) is 14.7. The van der Waals surface area contributed by atoms with Gasteiger partial charge in [-0.1, -0.05) is 69.7 Å². The summed E-state index contributed by atoms with van der Waals surface area (Å²) in [6.07, 6.45) is 11.7. The van der Waals surface area contributed by atoms with Gasteiger partial charge in [0.2, 0.25) is 0 Å². The molecule has 8 heteroatoms. The predicted molar refractivity (Wildman–Crippen MR) is 172 cm³/mol. The van der Waals surface area contributed by atoms with Gasteiger partial charge in [0.15, 0.2) is 5.79 Å². The van der Waals surface area contributed by atoms with E-state index in [1.54, 1.807) is 13.2 Å². The van der Waals surface area contributed by atoms with Crippen LogP contribution in [0.25, 0.3) is 0 Å². The van der Waals surface area contributed by atoms with E-state index in [4.69, 9.17) is 23.7 Å². The maximum atomic E-state index is 14.2. The Kier molecular flexibility index (Phi) is 10.3. The molecular weight excluding hydrogens is 572 g/mol. The van der Waals surface area contributed by atoms with Crippen LogP contribution in [0.1, 0.15) is 80.6 Å². The highest BCUT2D eigenvalue weighted by Crippen LogP contribution is 2.48. The normalized spacial score (nSPS) is 46.0. The maximum absolute atomic E-state index is 14.2. The molecule has 1 aliphatic carbocycles. The summed E-state index contributed by atoms with van der Waals surface area (Å²) in [5, 5.41) is 23.7. The molecule has 0 aromatic heterocycles. The van der Waals surface area contributed by atoms with Crippen molar-refractivity contribution in [2.24, 2.45) is 23.7 Å². The van der Waals surface area contributed by atoms with Crippen molar-refractivity contribution >= 4 is 5.97 Å². The third-order valence-electron chi connectivity index (χ3n) is 10.3. The van der Waals surface area contributed by atoms with Crippen molar-refractivity contribution in [2.45, 2.75) is 129 Å². The molecule has 2 bridgehead atoms. The smallest absolute Gasteiger partial charge is 0.316 e. The second-order valence-corrected chi connectivity index (χ2v) is 14.6. The van der Waals surface area contributed by atoms with E-state index < -0.39 is 47.7 Å². The largest absolute Gasteiger partial charge is 0.462 e. The van der Waals surface area contributed by atoms with E-state index in [2.05, 4.69) is 45.9 Å². The first kappa shape index (κ1) is 34.3. The minimum absolute atomic E-state index is 0.110. The van der Waals surface area contributed by atoms with Crippen LogP contribution < -0.4 is 0 Å².